The SMILES string of the molecule is CC(=O)N[C@H]1C(O)O[C@H](CO)[C@H](O[C@@H]2OC(C(=O)[O-])=C[C@H](O)[C@H]2O)[C@@H]1O. The fourth-order valence-corrected chi connectivity index (χ4v) is 2.67. The first-order valence-corrected chi connectivity index (χ1v) is 7.66. The Hall–Kier alpha value is -1.80. The first-order chi connectivity index (χ1) is 12.1. The zero-order valence-electron chi connectivity index (χ0n) is 13.6. The van der Waals surface area contributed by atoms with Gasteiger partial charge in [0.1, 0.15) is 48.3 Å². The molecule has 0 aliphatic carbocycles. The van der Waals surface area contributed by atoms with Crippen LogP contribution in [0.3, 0.4) is 0 Å². The van der Waals surface area contributed by atoms with Crippen molar-refractivity contribution in [1.82, 2.24) is 5.32 Å². The van der Waals surface area contributed by atoms with Crippen LogP contribution in [-0.4, -0.2) is 93.2 Å². The lowest BCUT2D eigenvalue weighted by Gasteiger charge is -2.44. The maximum absolute atomic E-state index is 11.2. The number of carbonyl (C=O) groups is 2. The molecule has 1 saturated heterocycles. The van der Waals surface area contributed by atoms with Gasteiger partial charge in [-0.15, -0.1) is 0 Å². The van der Waals surface area contributed by atoms with Crippen molar-refractivity contribution in [2.24, 2.45) is 0 Å². The van der Waals surface area contributed by atoms with Gasteiger partial charge in [0, 0.05) is 6.92 Å². The smallest absolute Gasteiger partial charge is 0.229 e. The number of nitrogens with one attached hydrogen (secondary N) is 1. The summed E-state index contributed by atoms with van der Waals surface area (Å²) in [6.07, 6.45) is -10.5. The van der Waals surface area contributed by atoms with Crippen LogP contribution in [0.1, 0.15) is 6.92 Å². The van der Waals surface area contributed by atoms with Crippen molar-refractivity contribution < 1.29 is 54.4 Å². The van der Waals surface area contributed by atoms with Crippen molar-refractivity contribution in [2.45, 2.75) is 56.1 Å². The molecule has 2 rings (SSSR count). The number of hydrogen-bond acceptors (Lipinski definition) is 11. The molecule has 0 aromatic heterocycles. The van der Waals surface area contributed by atoms with Gasteiger partial charge in [0.2, 0.25) is 12.2 Å². The standard InChI is InChI=1S/C14H21NO11/c1-4(17)15-8-10(20)11(7(3-16)24-13(8)23)26-14-9(19)5(18)2-6(25-14)12(21)22/h2,5,7-11,13-14,16,18-20,23H,3H2,1H3,(H,15,17)(H,21,22)/p-1/t5-,7+,8+,9+,10+,11-,13?,14-/m0/s1. The summed E-state index contributed by atoms with van der Waals surface area (Å²) < 4.78 is 15.3. The summed E-state index contributed by atoms with van der Waals surface area (Å²) in [6, 6.07) is -1.33. The van der Waals surface area contributed by atoms with Crippen molar-refractivity contribution in [3.05, 3.63) is 11.8 Å². The fraction of sp³-hybridized carbons (Fsp3) is 0.714. The summed E-state index contributed by atoms with van der Waals surface area (Å²) in [7, 11) is 0. The largest absolute Gasteiger partial charge is 0.542 e. The van der Waals surface area contributed by atoms with E-state index < -0.39 is 73.4 Å². The molecule has 12 heteroatoms. The molecule has 0 spiro atoms. The maximum atomic E-state index is 11.2. The van der Waals surface area contributed by atoms with Gasteiger partial charge in [0.25, 0.3) is 0 Å². The van der Waals surface area contributed by atoms with Gasteiger partial charge in [-0.05, 0) is 6.08 Å². The second kappa shape index (κ2) is 8.26. The second-order valence-electron chi connectivity index (χ2n) is 5.85. The van der Waals surface area contributed by atoms with E-state index in [4.69, 9.17) is 14.2 Å². The average molecular weight is 378 g/mol. The summed E-state index contributed by atoms with van der Waals surface area (Å²) >= 11 is 0. The number of rotatable bonds is 5. The Kier molecular flexibility index (Phi) is 6.52. The molecule has 0 aromatic carbocycles. The van der Waals surface area contributed by atoms with E-state index in [0.29, 0.717) is 6.08 Å². The van der Waals surface area contributed by atoms with Gasteiger partial charge in [0.05, 0.1) is 6.61 Å². The van der Waals surface area contributed by atoms with Gasteiger partial charge in [-0.1, -0.05) is 0 Å². The molecule has 0 aromatic rings. The van der Waals surface area contributed by atoms with E-state index in [1.807, 2.05) is 0 Å². The number of carbonyl (C=O) groups excluding carboxylic acids is 2. The average Bonchev–Trinajstić information content (AvgIpc) is 2.56. The molecule has 26 heavy (non-hydrogen) atoms. The van der Waals surface area contributed by atoms with Crippen molar-refractivity contribution in [3.8, 4) is 0 Å². The van der Waals surface area contributed by atoms with E-state index in [-0.39, 0.29) is 0 Å². The van der Waals surface area contributed by atoms with Gasteiger partial charge in [0.15, 0.2) is 6.29 Å². The van der Waals surface area contributed by atoms with Gasteiger partial charge in [-0.3, -0.25) is 4.79 Å². The first-order valence-electron chi connectivity index (χ1n) is 7.66. The van der Waals surface area contributed by atoms with E-state index in [1.165, 1.54) is 0 Å². The van der Waals surface area contributed by atoms with Crippen LogP contribution in [0.15, 0.2) is 11.8 Å². The molecular formula is C14H20NO11-. The van der Waals surface area contributed by atoms with Crippen molar-refractivity contribution >= 4 is 11.9 Å². The molecular weight excluding hydrogens is 358 g/mol. The predicted octanol–water partition coefficient (Wildman–Crippen LogP) is -5.34. The minimum absolute atomic E-state index is 0.593. The molecule has 12 nitrogen and oxygen atoms in total. The number of carboxylic acids is 1. The maximum Gasteiger partial charge on any atom is 0.229 e. The Bertz CT molecular complexity index is 567. The van der Waals surface area contributed by atoms with Crippen molar-refractivity contribution in [3.63, 3.8) is 0 Å². The third-order valence-electron chi connectivity index (χ3n) is 3.93. The zero-order valence-corrected chi connectivity index (χ0v) is 13.6. The van der Waals surface area contributed by atoms with Crippen molar-refractivity contribution in [2.75, 3.05) is 6.61 Å². The van der Waals surface area contributed by atoms with E-state index in [9.17, 15) is 40.2 Å². The Balaban J connectivity index is 2.19. The van der Waals surface area contributed by atoms with E-state index in [0.717, 1.165) is 6.92 Å². The molecule has 2 aliphatic heterocycles. The number of aliphatic hydroxyl groups is 5. The van der Waals surface area contributed by atoms with Gasteiger partial charge >= 0.3 is 0 Å². The summed E-state index contributed by atoms with van der Waals surface area (Å²) in [6.45, 7) is 0.412. The van der Waals surface area contributed by atoms with Crippen molar-refractivity contribution in [1.29, 1.82) is 0 Å². The number of aliphatic hydroxyl groups excluding tert-OH is 5. The first kappa shape index (κ1) is 20.5. The molecule has 148 valence electrons. The number of carboxylic acid groups (broad SMARTS) is 1. The van der Waals surface area contributed by atoms with Crippen LogP contribution < -0.4 is 10.4 Å². The highest BCUT2D eigenvalue weighted by molar-refractivity contribution is 5.82. The molecule has 1 unspecified atom stereocenters. The lowest BCUT2D eigenvalue weighted by molar-refractivity contribution is -0.322. The third-order valence-corrected chi connectivity index (χ3v) is 3.93. The van der Waals surface area contributed by atoms with Crippen LogP contribution in [0.5, 0.6) is 0 Å². The van der Waals surface area contributed by atoms with Crippen LogP contribution in [0.25, 0.3) is 0 Å². The minimum atomic E-state index is -1.77. The van der Waals surface area contributed by atoms with Gasteiger partial charge in [-0.2, -0.15) is 0 Å². The molecule has 0 bridgehead atoms. The van der Waals surface area contributed by atoms with Crippen LogP contribution in [0.2, 0.25) is 0 Å². The normalized spacial score (nSPS) is 40.3. The highest BCUT2D eigenvalue weighted by atomic mass is 16.7. The van der Waals surface area contributed by atoms with E-state index >= 15 is 0 Å². The molecule has 2 aliphatic rings. The van der Waals surface area contributed by atoms with Crippen LogP contribution in [0, 0.1) is 0 Å². The summed E-state index contributed by atoms with van der Waals surface area (Å²) in [5.41, 5.74) is 0. The molecule has 0 saturated carbocycles. The molecule has 1 amide bonds. The predicted molar refractivity (Wildman–Crippen MR) is 76.4 cm³/mol. The van der Waals surface area contributed by atoms with Gasteiger partial charge < -0.3 is 55.0 Å². The topological polar surface area (TPSA) is 198 Å². The lowest BCUT2D eigenvalue weighted by atomic mass is 9.96. The number of amides is 1. The Morgan fingerprint density at radius 2 is 1.92 bits per heavy atom. The molecule has 8 atom stereocenters. The quantitative estimate of drug-likeness (QED) is 0.267. The highest BCUT2D eigenvalue weighted by Gasteiger charge is 2.48. The van der Waals surface area contributed by atoms with E-state index in [1.54, 1.807) is 0 Å². The summed E-state index contributed by atoms with van der Waals surface area (Å²) in [5.74, 6) is -3.15. The molecule has 2 heterocycles. The minimum Gasteiger partial charge on any atom is -0.542 e. The van der Waals surface area contributed by atoms with E-state index in [2.05, 4.69) is 5.32 Å². The fourth-order valence-electron chi connectivity index (χ4n) is 2.67. The Morgan fingerprint density at radius 1 is 1.27 bits per heavy atom. The summed E-state index contributed by atoms with van der Waals surface area (Å²) in [5, 5.41) is 62.3. The molecule has 1 fully saturated rings. The highest BCUT2D eigenvalue weighted by Crippen LogP contribution is 2.27. The molecule has 0 radical (unpaired) electrons. The Labute approximate surface area is 147 Å². The number of aliphatic carboxylic acids is 1. The lowest BCUT2D eigenvalue weighted by Crippen LogP contribution is -2.65. The van der Waals surface area contributed by atoms with Gasteiger partial charge in [-0.25, -0.2) is 0 Å². The monoisotopic (exact) mass is 378 g/mol. The van der Waals surface area contributed by atoms with Crippen LogP contribution in [0.4, 0.5) is 0 Å². The number of hydrogen-bond donors (Lipinski definition) is 6. The third kappa shape index (κ3) is 4.29. The molecule has 6 N–H and O–H groups in total. The summed E-state index contributed by atoms with van der Waals surface area (Å²) in [4.78, 5) is 22.1. The number of ether oxygens (including phenoxy) is 3. The van der Waals surface area contributed by atoms with Crippen LogP contribution >= 0.6 is 0 Å². The van der Waals surface area contributed by atoms with Crippen LogP contribution in [-0.2, 0) is 23.8 Å². The second-order valence-corrected chi connectivity index (χ2v) is 5.85. The zero-order chi connectivity index (χ0) is 19.6. The Morgan fingerprint density at radius 3 is 2.46 bits per heavy atom.